The topological polar surface area (TPSA) is 57.4 Å². The van der Waals surface area contributed by atoms with Crippen molar-refractivity contribution in [3.63, 3.8) is 0 Å². The predicted octanol–water partition coefficient (Wildman–Crippen LogP) is 13.5. The van der Waals surface area contributed by atoms with Crippen molar-refractivity contribution in [3.8, 4) is 67.3 Å². The second-order valence-electron chi connectivity index (χ2n) is 15.6. The van der Waals surface area contributed by atoms with Crippen molar-refractivity contribution < 1.29 is 13.9 Å². The molecular formula is C55H32N2O3. The summed E-state index contributed by atoms with van der Waals surface area (Å²) in [6.07, 6.45) is 1.91. The van der Waals surface area contributed by atoms with Gasteiger partial charge in [-0.25, -0.2) is 4.98 Å². The number of para-hydroxylation sites is 5. The SMILES string of the molecule is c1ccc(-c2cc(-c3ccc4c(c3)-c3ccccc3C43C4=C(Oc5ccccc5O4)c4c3oc3ccccc43)cc(-c3ccccc3)c2-c2cnc3ccccc3n2)cc1. The van der Waals surface area contributed by atoms with E-state index in [1.807, 2.05) is 66.9 Å². The summed E-state index contributed by atoms with van der Waals surface area (Å²) in [6.45, 7) is 0. The minimum atomic E-state index is -0.870. The molecule has 0 fully saturated rings. The zero-order valence-corrected chi connectivity index (χ0v) is 32.1. The number of benzene rings is 8. The van der Waals surface area contributed by atoms with Crippen molar-refractivity contribution >= 4 is 27.8 Å². The number of furan rings is 1. The van der Waals surface area contributed by atoms with E-state index in [2.05, 4.69) is 127 Å². The average Bonchev–Trinajstić information content (AvgIpc) is 3.94. The highest BCUT2D eigenvalue weighted by Gasteiger charge is 2.60. The lowest BCUT2D eigenvalue weighted by molar-refractivity contribution is 0.306. The molecule has 5 nitrogen and oxygen atoms in total. The van der Waals surface area contributed by atoms with Crippen LogP contribution >= 0.6 is 0 Å². The summed E-state index contributed by atoms with van der Waals surface area (Å²) in [4.78, 5) is 10.1. The van der Waals surface area contributed by atoms with Crippen LogP contribution in [0, 0.1) is 0 Å². The van der Waals surface area contributed by atoms with Gasteiger partial charge in [0.1, 0.15) is 16.8 Å². The van der Waals surface area contributed by atoms with Crippen LogP contribution < -0.4 is 9.47 Å². The van der Waals surface area contributed by atoms with E-state index >= 15 is 0 Å². The van der Waals surface area contributed by atoms with Crippen LogP contribution in [0.15, 0.2) is 204 Å². The van der Waals surface area contributed by atoms with Gasteiger partial charge in [-0.05, 0) is 104 Å². The van der Waals surface area contributed by atoms with Gasteiger partial charge in [0.25, 0.3) is 0 Å². The Hall–Kier alpha value is -8.02. The van der Waals surface area contributed by atoms with Gasteiger partial charge >= 0.3 is 0 Å². The zero-order chi connectivity index (χ0) is 39.4. The molecule has 3 heterocycles. The number of ether oxygens (including phenoxy) is 2. The van der Waals surface area contributed by atoms with Gasteiger partial charge in [-0.2, -0.15) is 0 Å². The van der Waals surface area contributed by atoms with Gasteiger partial charge in [0.2, 0.25) is 0 Å². The summed E-state index contributed by atoms with van der Waals surface area (Å²) in [5.41, 5.74) is 15.5. The molecule has 0 bridgehead atoms. The van der Waals surface area contributed by atoms with Gasteiger partial charge in [0.05, 0.1) is 28.5 Å². The normalized spacial score (nSPS) is 15.6. The Morgan fingerprint density at radius 1 is 0.433 bits per heavy atom. The van der Waals surface area contributed by atoms with Crippen LogP contribution in [0.25, 0.3) is 83.5 Å². The van der Waals surface area contributed by atoms with Crippen molar-refractivity contribution in [3.05, 3.63) is 222 Å². The van der Waals surface area contributed by atoms with Crippen LogP contribution in [-0.4, -0.2) is 9.97 Å². The van der Waals surface area contributed by atoms with Gasteiger partial charge in [-0.3, -0.25) is 4.98 Å². The van der Waals surface area contributed by atoms with Crippen LogP contribution in [0.1, 0.15) is 22.5 Å². The Kier molecular flexibility index (Phi) is 6.87. The third kappa shape index (κ3) is 4.57. The highest BCUT2D eigenvalue weighted by Crippen LogP contribution is 2.65. The van der Waals surface area contributed by atoms with Crippen molar-refractivity contribution in [2.45, 2.75) is 5.41 Å². The number of fused-ring (bicyclic) bond motifs is 13. The number of aromatic nitrogens is 2. The maximum absolute atomic E-state index is 7.01. The second-order valence-corrected chi connectivity index (χ2v) is 15.6. The lowest BCUT2D eigenvalue weighted by atomic mass is 9.76. The van der Waals surface area contributed by atoms with Crippen LogP contribution in [0.3, 0.4) is 0 Å². The largest absolute Gasteiger partial charge is 0.458 e. The lowest BCUT2D eigenvalue weighted by Crippen LogP contribution is -2.31. The summed E-state index contributed by atoms with van der Waals surface area (Å²) in [5.74, 6) is 3.63. The number of hydrogen-bond acceptors (Lipinski definition) is 5. The Bertz CT molecular complexity index is 3380. The molecule has 0 amide bonds. The first kappa shape index (κ1) is 33.0. The molecule has 1 aliphatic heterocycles. The highest BCUT2D eigenvalue weighted by atomic mass is 16.6. The van der Waals surface area contributed by atoms with E-state index in [1.54, 1.807) is 0 Å². The maximum atomic E-state index is 7.01. The summed E-state index contributed by atoms with van der Waals surface area (Å²) in [6, 6.07) is 65.5. The quantitative estimate of drug-likeness (QED) is 0.178. The van der Waals surface area contributed by atoms with Gasteiger partial charge in [0.15, 0.2) is 23.0 Å². The molecule has 3 aliphatic rings. The Morgan fingerprint density at radius 2 is 1.05 bits per heavy atom. The van der Waals surface area contributed by atoms with Crippen LogP contribution in [0.4, 0.5) is 0 Å². The fraction of sp³-hybridized carbons (Fsp3) is 0.0182. The minimum Gasteiger partial charge on any atom is -0.458 e. The van der Waals surface area contributed by atoms with E-state index in [9.17, 15) is 0 Å². The third-order valence-corrected chi connectivity index (χ3v) is 12.4. The molecule has 60 heavy (non-hydrogen) atoms. The first-order valence-corrected chi connectivity index (χ1v) is 20.2. The molecule has 1 unspecified atom stereocenters. The van der Waals surface area contributed by atoms with Crippen LogP contribution in [-0.2, 0) is 5.41 Å². The predicted molar refractivity (Wildman–Crippen MR) is 237 cm³/mol. The number of nitrogens with zero attached hydrogens (tertiary/aromatic N) is 2. The summed E-state index contributed by atoms with van der Waals surface area (Å²) >= 11 is 0. The number of rotatable bonds is 4. The molecule has 0 N–H and O–H groups in total. The minimum absolute atomic E-state index is 0.686. The molecular weight excluding hydrogens is 737 g/mol. The monoisotopic (exact) mass is 768 g/mol. The zero-order valence-electron chi connectivity index (χ0n) is 32.1. The molecule has 8 aromatic carbocycles. The fourth-order valence-corrected chi connectivity index (χ4v) is 9.79. The Balaban J connectivity index is 1.07. The van der Waals surface area contributed by atoms with Gasteiger partial charge < -0.3 is 13.9 Å². The van der Waals surface area contributed by atoms with E-state index < -0.39 is 5.41 Å². The van der Waals surface area contributed by atoms with Crippen LogP contribution in [0.5, 0.6) is 11.5 Å². The molecule has 1 spiro atoms. The van der Waals surface area contributed by atoms with E-state index in [-0.39, 0.29) is 0 Å². The molecule has 10 aromatic rings. The van der Waals surface area contributed by atoms with Crippen molar-refractivity contribution in [1.29, 1.82) is 0 Å². The molecule has 13 rings (SSSR count). The van der Waals surface area contributed by atoms with Crippen molar-refractivity contribution in [2.24, 2.45) is 0 Å². The molecule has 2 aliphatic carbocycles. The summed E-state index contributed by atoms with van der Waals surface area (Å²) < 4.78 is 20.8. The van der Waals surface area contributed by atoms with Crippen molar-refractivity contribution in [1.82, 2.24) is 9.97 Å². The lowest BCUT2D eigenvalue weighted by Gasteiger charge is -2.31. The first-order valence-electron chi connectivity index (χ1n) is 20.2. The Labute approximate surface area is 345 Å². The standard InChI is InChI=1S/C55H32N2O3/c1-3-15-33(16-4-1)39-30-36(31-40(34-17-5-2-6-18-34)50(39)46-32-56-44-22-10-11-23-45(44)57-46)35-27-28-43-41(29-35)37-19-7-9-21-42(37)55(43)53-51(38-20-8-12-24-47(38)59-53)52-54(55)60-49-26-14-13-25-48(49)58-52/h1-32H. The van der Waals surface area contributed by atoms with Crippen molar-refractivity contribution in [2.75, 3.05) is 0 Å². The van der Waals surface area contributed by atoms with E-state index in [0.717, 1.165) is 106 Å². The van der Waals surface area contributed by atoms with E-state index in [4.69, 9.17) is 23.9 Å². The molecule has 5 heteroatoms. The first-order chi connectivity index (χ1) is 29.7. The third-order valence-electron chi connectivity index (χ3n) is 12.4. The van der Waals surface area contributed by atoms with Gasteiger partial charge in [0, 0.05) is 10.9 Å². The number of hydrogen-bond donors (Lipinski definition) is 0. The molecule has 2 aromatic heterocycles. The molecule has 0 radical (unpaired) electrons. The average molecular weight is 769 g/mol. The highest BCUT2D eigenvalue weighted by molar-refractivity contribution is 6.02. The summed E-state index contributed by atoms with van der Waals surface area (Å²) in [7, 11) is 0. The van der Waals surface area contributed by atoms with Gasteiger partial charge in [-0.15, -0.1) is 0 Å². The molecule has 0 saturated carbocycles. The van der Waals surface area contributed by atoms with E-state index in [1.165, 1.54) is 0 Å². The van der Waals surface area contributed by atoms with Crippen LogP contribution in [0.2, 0.25) is 0 Å². The molecule has 280 valence electrons. The Morgan fingerprint density at radius 3 is 1.83 bits per heavy atom. The van der Waals surface area contributed by atoms with E-state index in [0.29, 0.717) is 17.3 Å². The molecule has 0 saturated heterocycles. The second kappa shape index (κ2) is 12.5. The maximum Gasteiger partial charge on any atom is 0.179 e. The smallest absolute Gasteiger partial charge is 0.179 e. The fourth-order valence-electron chi connectivity index (χ4n) is 9.79. The van der Waals surface area contributed by atoms with Gasteiger partial charge in [-0.1, -0.05) is 140 Å². The molecule has 1 atom stereocenters. The number of allylic oxidation sites excluding steroid dienone is 1. The summed E-state index contributed by atoms with van der Waals surface area (Å²) in [5, 5.41) is 1.00.